The van der Waals surface area contributed by atoms with E-state index in [1.807, 2.05) is 10.6 Å². The molecule has 0 saturated carbocycles. The van der Waals surface area contributed by atoms with Gasteiger partial charge in [-0.15, -0.1) is 6.58 Å². The number of rotatable bonds is 8. The van der Waals surface area contributed by atoms with Crippen LogP contribution in [0.15, 0.2) is 60.7 Å². The minimum absolute atomic E-state index is 0.212. The van der Waals surface area contributed by atoms with Crippen molar-refractivity contribution in [2.45, 2.75) is 26.3 Å². The van der Waals surface area contributed by atoms with Gasteiger partial charge < -0.3 is 15.0 Å². The molecule has 3 aromatic rings. The quantitative estimate of drug-likeness (QED) is 0.279. The van der Waals surface area contributed by atoms with Crippen LogP contribution < -0.4 is 5.73 Å². The van der Waals surface area contributed by atoms with Crippen LogP contribution >= 0.6 is 0 Å². The Kier molecular flexibility index (Phi) is 7.77. The highest BCUT2D eigenvalue weighted by Crippen LogP contribution is 2.25. The molecule has 0 aliphatic rings. The first-order valence-corrected chi connectivity index (χ1v) is 8.61. The normalized spacial score (nSPS) is 10.6. The molecule has 3 aromatic heterocycles. The summed E-state index contributed by atoms with van der Waals surface area (Å²) in [6.07, 6.45) is 12.6. The molecule has 0 aliphatic heterocycles. The van der Waals surface area contributed by atoms with Gasteiger partial charge in [-0.05, 0) is 28.9 Å². The number of hydrogen-bond donors (Lipinski definition) is 1. The van der Waals surface area contributed by atoms with Crippen molar-refractivity contribution in [3.63, 3.8) is 0 Å². The minimum Gasteiger partial charge on any atom is -0.501 e. The number of aromatic nitrogens is 5. The molecule has 8 nitrogen and oxygen atoms in total. The number of nitrogen functional groups attached to an aromatic ring is 1. The van der Waals surface area contributed by atoms with Crippen molar-refractivity contribution in [3.8, 4) is 11.5 Å². The van der Waals surface area contributed by atoms with Crippen LogP contribution in [0, 0.1) is 0 Å². The second kappa shape index (κ2) is 10.5. The lowest BCUT2D eigenvalue weighted by molar-refractivity contribution is 0.244. The van der Waals surface area contributed by atoms with Gasteiger partial charge in [0.25, 0.3) is 0 Å². The molecule has 27 heavy (non-hydrogen) atoms. The van der Waals surface area contributed by atoms with Gasteiger partial charge in [0.1, 0.15) is 5.52 Å². The van der Waals surface area contributed by atoms with Crippen molar-refractivity contribution in [3.05, 3.63) is 56.1 Å². The molecule has 0 atom stereocenters. The summed E-state index contributed by atoms with van der Waals surface area (Å²) in [6.45, 7) is 10.8. The number of hydrogen-bond acceptors (Lipinski definition) is 7. The highest BCUT2D eigenvalue weighted by atomic mass is 16.6. The maximum Gasteiger partial charge on any atom is 0.199 e. The van der Waals surface area contributed by atoms with E-state index in [1.54, 1.807) is 36.9 Å². The lowest BCUT2D eigenvalue weighted by atomic mass is 10.4. The Balaban J connectivity index is 0.000000249. The Labute approximate surface area is 158 Å². The van der Waals surface area contributed by atoms with Crippen molar-refractivity contribution in [1.29, 1.82) is 0 Å². The van der Waals surface area contributed by atoms with Crippen LogP contribution in [-0.2, 0) is 11.3 Å². The lowest BCUT2D eigenvalue weighted by Gasteiger charge is -2.03. The molecule has 0 amide bonds. The predicted octanol–water partition coefficient (Wildman–Crippen LogP) is 3.75. The summed E-state index contributed by atoms with van der Waals surface area (Å²) in [5, 5.41) is 7.34. The van der Waals surface area contributed by atoms with Crippen LogP contribution in [0.4, 0.5) is 5.82 Å². The molecule has 3 rings (SSSR count). The van der Waals surface area contributed by atoms with Crippen LogP contribution in [0.5, 0.6) is 0 Å². The van der Waals surface area contributed by atoms with Crippen molar-refractivity contribution in [2.24, 2.45) is 0 Å². The zero-order valence-electron chi connectivity index (χ0n) is 15.4. The first kappa shape index (κ1) is 19.9. The Morgan fingerprint density at radius 1 is 1.33 bits per heavy atom. The van der Waals surface area contributed by atoms with E-state index < -0.39 is 0 Å². The molecule has 0 aliphatic carbocycles. The zero-order chi connectivity index (χ0) is 19.5. The molecule has 8 heteroatoms. The second-order valence-corrected chi connectivity index (χ2v) is 5.49. The molecule has 0 fully saturated rings. The summed E-state index contributed by atoms with van der Waals surface area (Å²) < 4.78 is 11.6. The maximum atomic E-state index is 5.70. The van der Waals surface area contributed by atoms with Crippen molar-refractivity contribution in [1.82, 2.24) is 24.8 Å². The number of anilines is 1. The van der Waals surface area contributed by atoms with E-state index in [0.29, 0.717) is 18.1 Å². The Bertz CT molecular complexity index is 897. The van der Waals surface area contributed by atoms with Crippen molar-refractivity contribution < 1.29 is 9.37 Å². The Hall–Kier alpha value is -3.42. The smallest absolute Gasteiger partial charge is 0.199 e. The standard InChI is InChI=1S/C11H10N6O.C8H14O/c1-2-5-17-8-3-4-13-6-7(8)14-11(17)9-10(12)16-18-15-9;1-3-5-7-9-8-6-4-2/h2-4,6H,1,5H2,(H2,12,16);3,5,7H,1,4,6,8H2,2H3/b;7-5+. The predicted molar refractivity (Wildman–Crippen MR) is 106 cm³/mol. The van der Waals surface area contributed by atoms with Gasteiger partial charge >= 0.3 is 0 Å². The number of nitrogens with two attached hydrogens (primary N) is 1. The van der Waals surface area contributed by atoms with Crippen LogP contribution in [0.2, 0.25) is 0 Å². The molecule has 0 unspecified atom stereocenters. The summed E-state index contributed by atoms with van der Waals surface area (Å²) in [4.78, 5) is 8.48. The second-order valence-electron chi connectivity index (χ2n) is 5.49. The first-order valence-electron chi connectivity index (χ1n) is 8.61. The van der Waals surface area contributed by atoms with Crippen LogP contribution in [-0.4, -0.2) is 31.5 Å². The number of imidazole rings is 1. The highest BCUT2D eigenvalue weighted by molar-refractivity contribution is 5.80. The topological polar surface area (TPSA) is 105 Å². The molecular formula is C19H24N6O2. The average molecular weight is 368 g/mol. The van der Waals surface area contributed by atoms with Gasteiger partial charge in [0, 0.05) is 12.7 Å². The fourth-order valence-electron chi connectivity index (χ4n) is 2.23. The lowest BCUT2D eigenvalue weighted by Crippen LogP contribution is -2.00. The van der Waals surface area contributed by atoms with Gasteiger partial charge in [-0.3, -0.25) is 4.98 Å². The summed E-state index contributed by atoms with van der Waals surface area (Å²) in [5.74, 6) is 0.806. The number of fused-ring (bicyclic) bond motifs is 1. The van der Waals surface area contributed by atoms with Gasteiger partial charge in [-0.25, -0.2) is 9.61 Å². The van der Waals surface area contributed by atoms with E-state index in [9.17, 15) is 0 Å². The largest absolute Gasteiger partial charge is 0.501 e. The molecule has 2 N–H and O–H groups in total. The fourth-order valence-corrected chi connectivity index (χ4v) is 2.23. The van der Waals surface area contributed by atoms with Gasteiger partial charge in [-0.1, -0.05) is 32.1 Å². The number of allylic oxidation sites excluding steroid dienone is 3. The molecule has 0 aromatic carbocycles. The summed E-state index contributed by atoms with van der Waals surface area (Å²) in [5.41, 5.74) is 7.81. The molecule has 142 valence electrons. The number of pyridine rings is 1. The van der Waals surface area contributed by atoms with Crippen LogP contribution in [0.25, 0.3) is 22.6 Å². The third-order valence-electron chi connectivity index (χ3n) is 3.51. The Morgan fingerprint density at radius 2 is 2.19 bits per heavy atom. The summed E-state index contributed by atoms with van der Waals surface area (Å²) in [7, 11) is 0. The number of unbranched alkanes of at least 4 members (excludes halogenated alkanes) is 1. The Morgan fingerprint density at radius 3 is 2.85 bits per heavy atom. The molecule has 0 radical (unpaired) electrons. The van der Waals surface area contributed by atoms with Crippen LogP contribution in [0.3, 0.4) is 0 Å². The zero-order valence-corrected chi connectivity index (χ0v) is 15.4. The molecule has 0 saturated heterocycles. The summed E-state index contributed by atoms with van der Waals surface area (Å²) >= 11 is 0. The van der Waals surface area contributed by atoms with E-state index in [4.69, 9.17) is 10.5 Å². The third kappa shape index (κ3) is 5.27. The van der Waals surface area contributed by atoms with E-state index >= 15 is 0 Å². The monoisotopic (exact) mass is 368 g/mol. The van der Waals surface area contributed by atoms with Crippen molar-refractivity contribution in [2.75, 3.05) is 12.3 Å². The number of nitrogens with zero attached hydrogens (tertiary/aromatic N) is 5. The summed E-state index contributed by atoms with van der Waals surface area (Å²) in [6, 6.07) is 1.87. The SMILES string of the molecule is C=C/C=C/OCCCC.C=CCn1c(-c2nonc2N)nc2cnccc21. The first-order chi connectivity index (χ1) is 13.2. The van der Waals surface area contributed by atoms with Gasteiger partial charge in [-0.2, -0.15) is 0 Å². The van der Waals surface area contributed by atoms with E-state index in [-0.39, 0.29) is 5.82 Å². The average Bonchev–Trinajstić information content (AvgIpc) is 3.26. The molecule has 0 spiro atoms. The van der Waals surface area contributed by atoms with Crippen molar-refractivity contribution >= 4 is 16.9 Å². The van der Waals surface area contributed by atoms with Crippen LogP contribution in [0.1, 0.15) is 19.8 Å². The fraction of sp³-hybridized carbons (Fsp3) is 0.263. The van der Waals surface area contributed by atoms with E-state index in [1.165, 1.54) is 6.42 Å². The molecule has 3 heterocycles. The third-order valence-corrected chi connectivity index (χ3v) is 3.51. The minimum atomic E-state index is 0.212. The van der Waals surface area contributed by atoms with E-state index in [0.717, 1.165) is 24.1 Å². The maximum absolute atomic E-state index is 5.70. The molecule has 0 bridgehead atoms. The van der Waals surface area contributed by atoms with Gasteiger partial charge in [0.05, 0.1) is 24.6 Å². The van der Waals surface area contributed by atoms with Gasteiger partial charge in [0.15, 0.2) is 17.3 Å². The van der Waals surface area contributed by atoms with E-state index in [2.05, 4.69) is 45.0 Å². The van der Waals surface area contributed by atoms with Gasteiger partial charge in [0.2, 0.25) is 0 Å². The number of ether oxygens (including phenoxy) is 1. The molecular weight excluding hydrogens is 344 g/mol. The highest BCUT2D eigenvalue weighted by Gasteiger charge is 2.18.